The van der Waals surface area contributed by atoms with Crippen LogP contribution in [0.2, 0.25) is 0 Å². The number of carbonyl (C=O) groups is 2. The molecular formula is C11H14N3O8PS. The molecule has 0 aromatic carbocycles. The van der Waals surface area contributed by atoms with Crippen LogP contribution in [0, 0.1) is 0 Å². The van der Waals surface area contributed by atoms with Gasteiger partial charge in [-0.15, -0.1) is 11.8 Å². The first kappa shape index (κ1) is 18.6. The Bertz CT molecular complexity index is 747. The Hall–Kier alpha value is -1.72. The van der Waals surface area contributed by atoms with E-state index in [2.05, 4.69) is 15.0 Å². The zero-order chi connectivity index (χ0) is 17.9. The Labute approximate surface area is 139 Å². The maximum Gasteiger partial charge on any atom is 0.433 e. The number of ether oxygens (including phenoxy) is 2. The standard InChI is InChI=1S/C11H14N3O8PS/c1-6(15)12-7-2-3-14(10(16)13-7)8-5-24-9(22-8)4-21-11(17)23(18,19)20/h2-3,8-9H,4-5H2,1H3,(H2,18,19,20)(H,12,13,15,16)/t8-,9+/m0/s1. The van der Waals surface area contributed by atoms with Gasteiger partial charge in [0.1, 0.15) is 24.1 Å². The number of nitrogens with zero attached hydrogens (tertiary/aromatic N) is 2. The van der Waals surface area contributed by atoms with Crippen LogP contribution in [0.4, 0.5) is 10.6 Å². The number of anilines is 1. The maximum absolute atomic E-state index is 11.9. The molecule has 24 heavy (non-hydrogen) atoms. The van der Waals surface area contributed by atoms with Crippen molar-refractivity contribution in [1.29, 1.82) is 0 Å². The molecule has 13 heteroatoms. The fraction of sp³-hybridized carbons (Fsp3) is 0.455. The third-order valence-electron chi connectivity index (χ3n) is 2.76. The minimum atomic E-state index is -4.94. The van der Waals surface area contributed by atoms with E-state index in [1.807, 2.05) is 0 Å². The van der Waals surface area contributed by atoms with E-state index in [9.17, 15) is 18.9 Å². The molecule has 2 heterocycles. The molecule has 3 N–H and O–H groups in total. The summed E-state index contributed by atoms with van der Waals surface area (Å²) in [6.45, 7) is 0.921. The van der Waals surface area contributed by atoms with Crippen molar-refractivity contribution in [1.82, 2.24) is 9.55 Å². The zero-order valence-electron chi connectivity index (χ0n) is 12.3. The number of nitrogens with one attached hydrogen (secondary N) is 1. The number of amides is 1. The van der Waals surface area contributed by atoms with Crippen LogP contribution in [-0.2, 0) is 18.8 Å². The third-order valence-corrected chi connectivity index (χ3v) is 4.46. The van der Waals surface area contributed by atoms with Gasteiger partial charge in [-0.2, -0.15) is 4.98 Å². The number of hydrogen-bond acceptors (Lipinski definition) is 8. The molecule has 132 valence electrons. The summed E-state index contributed by atoms with van der Waals surface area (Å²) in [6, 6.07) is 1.43. The second-order valence-electron chi connectivity index (χ2n) is 4.66. The van der Waals surface area contributed by atoms with Gasteiger partial charge in [-0.05, 0) is 6.07 Å². The molecule has 1 aromatic heterocycles. The van der Waals surface area contributed by atoms with Crippen LogP contribution < -0.4 is 11.0 Å². The van der Waals surface area contributed by atoms with Crippen LogP contribution in [0.15, 0.2) is 17.1 Å². The third kappa shape index (κ3) is 4.89. The summed E-state index contributed by atoms with van der Waals surface area (Å²) in [7, 11) is -4.94. The summed E-state index contributed by atoms with van der Waals surface area (Å²) in [5.74, 6) is 0.0972. The van der Waals surface area contributed by atoms with Crippen molar-refractivity contribution in [2.75, 3.05) is 17.7 Å². The average molecular weight is 379 g/mol. The van der Waals surface area contributed by atoms with E-state index in [0.29, 0.717) is 5.75 Å². The van der Waals surface area contributed by atoms with Crippen molar-refractivity contribution >= 4 is 36.8 Å². The molecule has 1 saturated heterocycles. The molecule has 1 aromatic rings. The smallest absolute Gasteiger partial charge is 0.433 e. The normalized spacial score (nSPS) is 20.6. The van der Waals surface area contributed by atoms with Gasteiger partial charge in [0.15, 0.2) is 0 Å². The van der Waals surface area contributed by atoms with E-state index >= 15 is 0 Å². The topological polar surface area (TPSA) is 157 Å². The van der Waals surface area contributed by atoms with Crippen LogP contribution in [0.1, 0.15) is 13.2 Å². The number of carbonyl (C=O) groups excluding carboxylic acids is 2. The molecule has 1 amide bonds. The van der Waals surface area contributed by atoms with Crippen LogP contribution in [0.3, 0.4) is 0 Å². The van der Waals surface area contributed by atoms with Gasteiger partial charge in [0.2, 0.25) is 5.91 Å². The van der Waals surface area contributed by atoms with Gasteiger partial charge in [0.05, 0.1) is 0 Å². The lowest BCUT2D eigenvalue weighted by molar-refractivity contribution is -0.114. The van der Waals surface area contributed by atoms with Crippen molar-refractivity contribution in [2.45, 2.75) is 18.6 Å². The van der Waals surface area contributed by atoms with Crippen LogP contribution in [0.5, 0.6) is 0 Å². The maximum atomic E-state index is 11.9. The summed E-state index contributed by atoms with van der Waals surface area (Å²) in [5, 5.41) is 2.38. The highest BCUT2D eigenvalue weighted by molar-refractivity contribution is 8.00. The van der Waals surface area contributed by atoms with Crippen molar-refractivity contribution < 1.29 is 33.4 Å². The molecule has 2 rings (SSSR count). The van der Waals surface area contributed by atoms with E-state index in [4.69, 9.17) is 14.5 Å². The van der Waals surface area contributed by atoms with E-state index in [0.717, 1.165) is 0 Å². The first-order chi connectivity index (χ1) is 11.2. The predicted octanol–water partition coefficient (Wildman–Crippen LogP) is 0.104. The van der Waals surface area contributed by atoms with E-state index < -0.39 is 30.7 Å². The molecular weight excluding hydrogens is 365 g/mol. The Morgan fingerprint density at radius 1 is 1.58 bits per heavy atom. The second kappa shape index (κ2) is 7.45. The fourth-order valence-electron chi connectivity index (χ4n) is 1.78. The molecule has 1 aliphatic heterocycles. The van der Waals surface area contributed by atoms with Crippen molar-refractivity contribution in [3.05, 3.63) is 22.7 Å². The van der Waals surface area contributed by atoms with Crippen LogP contribution >= 0.6 is 19.4 Å². The highest BCUT2D eigenvalue weighted by Gasteiger charge is 2.32. The van der Waals surface area contributed by atoms with Gasteiger partial charge < -0.3 is 24.6 Å². The molecule has 1 fully saturated rings. The largest absolute Gasteiger partial charge is 0.453 e. The molecule has 1 aliphatic rings. The Balaban J connectivity index is 1.96. The quantitative estimate of drug-likeness (QED) is 0.599. The van der Waals surface area contributed by atoms with E-state index in [-0.39, 0.29) is 18.3 Å². The van der Waals surface area contributed by atoms with Crippen LogP contribution in [0.25, 0.3) is 0 Å². The number of rotatable bonds is 5. The lowest BCUT2D eigenvalue weighted by Gasteiger charge is -2.15. The van der Waals surface area contributed by atoms with Gasteiger partial charge in [-0.25, -0.2) is 14.2 Å². The van der Waals surface area contributed by atoms with Gasteiger partial charge in [0.25, 0.3) is 0 Å². The highest BCUT2D eigenvalue weighted by Crippen LogP contribution is 2.38. The SMILES string of the molecule is CC(=O)Nc1ccn([C@@H]2CS[C@H](COC(=O)P(=O)(O)O)O2)c(=O)n1. The fourth-order valence-corrected chi connectivity index (χ4v) is 3.01. The Morgan fingerprint density at radius 3 is 2.88 bits per heavy atom. The molecule has 0 saturated carbocycles. The summed E-state index contributed by atoms with van der Waals surface area (Å²) < 4.78 is 21.8. The lowest BCUT2D eigenvalue weighted by atomic mass is 10.5. The molecule has 0 spiro atoms. The summed E-state index contributed by atoms with van der Waals surface area (Å²) in [6.07, 6.45) is 0.718. The molecule has 0 aliphatic carbocycles. The average Bonchev–Trinajstić information content (AvgIpc) is 2.91. The Morgan fingerprint density at radius 2 is 2.29 bits per heavy atom. The number of thioether (sulfide) groups is 1. The van der Waals surface area contributed by atoms with Crippen molar-refractivity contribution in [2.24, 2.45) is 0 Å². The van der Waals surface area contributed by atoms with Crippen molar-refractivity contribution in [3.8, 4) is 0 Å². The first-order valence-corrected chi connectivity index (χ1v) is 9.19. The summed E-state index contributed by atoms with van der Waals surface area (Å²) >= 11 is 1.21. The number of aromatic nitrogens is 2. The number of hydrogen-bond donors (Lipinski definition) is 3. The predicted molar refractivity (Wildman–Crippen MR) is 82.6 cm³/mol. The monoisotopic (exact) mass is 379 g/mol. The van der Waals surface area contributed by atoms with Crippen molar-refractivity contribution in [3.63, 3.8) is 0 Å². The molecule has 11 nitrogen and oxygen atoms in total. The van der Waals surface area contributed by atoms with Gasteiger partial charge >= 0.3 is 19.0 Å². The highest BCUT2D eigenvalue weighted by atomic mass is 32.2. The molecule has 0 radical (unpaired) electrons. The van der Waals surface area contributed by atoms with Gasteiger partial charge in [0, 0.05) is 18.9 Å². The first-order valence-electron chi connectivity index (χ1n) is 6.53. The summed E-state index contributed by atoms with van der Waals surface area (Å²) in [5.41, 5.74) is -2.94. The molecule has 0 unspecified atom stereocenters. The van der Waals surface area contributed by atoms with E-state index in [1.165, 1.54) is 35.5 Å². The summed E-state index contributed by atoms with van der Waals surface area (Å²) in [4.78, 5) is 54.8. The lowest BCUT2D eigenvalue weighted by Crippen LogP contribution is -2.29. The van der Waals surface area contributed by atoms with Gasteiger partial charge in [-0.3, -0.25) is 9.36 Å². The minimum Gasteiger partial charge on any atom is -0.453 e. The molecule has 2 atom stereocenters. The van der Waals surface area contributed by atoms with Gasteiger partial charge in [-0.1, -0.05) is 0 Å². The zero-order valence-corrected chi connectivity index (χ0v) is 14.0. The van der Waals surface area contributed by atoms with E-state index in [1.54, 1.807) is 0 Å². The Kier molecular flexibility index (Phi) is 5.78. The molecule has 0 bridgehead atoms. The van der Waals surface area contributed by atoms with Crippen LogP contribution in [-0.4, -0.2) is 48.8 Å². The second-order valence-corrected chi connectivity index (χ2v) is 7.30. The minimum absolute atomic E-state index is 0.113.